The van der Waals surface area contributed by atoms with E-state index in [1.807, 2.05) is 12.1 Å². The second-order valence-corrected chi connectivity index (χ2v) is 9.42. The molecule has 1 atom stereocenters. The Hall–Kier alpha value is -0.506. The van der Waals surface area contributed by atoms with Gasteiger partial charge < -0.3 is 36.0 Å². The summed E-state index contributed by atoms with van der Waals surface area (Å²) in [6, 6.07) is 7.25. The molecule has 218 valence electrons. The summed E-state index contributed by atoms with van der Waals surface area (Å²) >= 11 is 0. The molecule has 0 saturated carbocycles. The smallest absolute Gasteiger partial charge is 0.508 e. The van der Waals surface area contributed by atoms with E-state index in [4.69, 9.17) is 20.4 Å². The standard InChI is InChI=1S/C13H21NO2.4C4H10O.Ti/c1-13(2,3)12(9-15)14-8-10-6-4-5-7-11(10)16;4*1-2-3-4-5;/h4-7,12,14-16H,8-9H2,1-3H3;4*5H,2-4H2,1H3;/q;;;;;+4/t12-;;;;;/m1...../s1. The van der Waals surface area contributed by atoms with Crippen molar-refractivity contribution < 1.29 is 52.4 Å². The molecule has 7 nitrogen and oxygen atoms in total. The van der Waals surface area contributed by atoms with Gasteiger partial charge in [0.2, 0.25) is 0 Å². The summed E-state index contributed by atoms with van der Waals surface area (Å²) < 4.78 is 0. The first-order valence-corrected chi connectivity index (χ1v) is 13.7. The van der Waals surface area contributed by atoms with Gasteiger partial charge in [-0.1, -0.05) is 92.3 Å². The average Bonchev–Trinajstić information content (AvgIpc) is 2.83. The van der Waals surface area contributed by atoms with Gasteiger partial charge in [-0.2, -0.15) is 0 Å². The molecule has 1 aromatic carbocycles. The Kier molecular flexibility index (Phi) is 47.2. The van der Waals surface area contributed by atoms with Crippen LogP contribution in [-0.2, 0) is 28.3 Å². The van der Waals surface area contributed by atoms with Gasteiger partial charge in [0, 0.05) is 44.6 Å². The van der Waals surface area contributed by atoms with Crippen LogP contribution < -0.4 is 5.32 Å². The molecule has 0 amide bonds. The van der Waals surface area contributed by atoms with Crippen LogP contribution in [0, 0.1) is 5.41 Å². The van der Waals surface area contributed by atoms with Crippen LogP contribution in [0.3, 0.4) is 0 Å². The van der Waals surface area contributed by atoms with E-state index in [0.29, 0.717) is 38.7 Å². The van der Waals surface area contributed by atoms with Crippen molar-refractivity contribution in [1.29, 1.82) is 0 Å². The van der Waals surface area contributed by atoms with Gasteiger partial charge in [-0.3, -0.25) is 0 Å². The van der Waals surface area contributed by atoms with Gasteiger partial charge in [0.1, 0.15) is 5.75 Å². The number of rotatable bonds is 12. The molecule has 8 heteroatoms. The van der Waals surface area contributed by atoms with Crippen molar-refractivity contribution in [1.82, 2.24) is 5.32 Å². The Bertz CT molecular complexity index is 483. The first kappa shape index (κ1) is 46.4. The molecule has 0 bridgehead atoms. The van der Waals surface area contributed by atoms with E-state index < -0.39 is 0 Å². The number of para-hydroxylation sites is 1. The van der Waals surface area contributed by atoms with Gasteiger partial charge in [0.05, 0.1) is 6.61 Å². The summed E-state index contributed by atoms with van der Waals surface area (Å²) in [5.41, 5.74) is 0.851. The van der Waals surface area contributed by atoms with Crippen molar-refractivity contribution in [2.75, 3.05) is 33.0 Å². The monoisotopic (exact) mass is 567 g/mol. The van der Waals surface area contributed by atoms with Crippen molar-refractivity contribution in [2.45, 2.75) is 112 Å². The zero-order valence-corrected chi connectivity index (χ0v) is 26.5. The maximum absolute atomic E-state index is 9.60. The van der Waals surface area contributed by atoms with E-state index in [-0.39, 0.29) is 39.8 Å². The number of aliphatic hydroxyl groups is 5. The molecule has 37 heavy (non-hydrogen) atoms. The van der Waals surface area contributed by atoms with Crippen LogP contribution in [0.5, 0.6) is 5.75 Å². The van der Waals surface area contributed by atoms with Crippen molar-refractivity contribution in [3.05, 3.63) is 29.8 Å². The second kappa shape index (κ2) is 37.6. The van der Waals surface area contributed by atoms with Crippen molar-refractivity contribution >= 4 is 0 Å². The SMILES string of the molecule is CC(C)(C)[C@@H](CO)NCc1ccccc1O.CCCCO.CCCCO.CCCCO.CCCCO.[Ti+4]. The van der Waals surface area contributed by atoms with Gasteiger partial charge >= 0.3 is 21.7 Å². The number of hydrogen-bond donors (Lipinski definition) is 7. The van der Waals surface area contributed by atoms with Crippen LogP contribution in [0.2, 0.25) is 0 Å². The van der Waals surface area contributed by atoms with Crippen LogP contribution in [0.15, 0.2) is 24.3 Å². The number of hydrogen-bond acceptors (Lipinski definition) is 7. The Morgan fingerprint density at radius 1 is 0.676 bits per heavy atom. The van der Waals surface area contributed by atoms with E-state index in [0.717, 1.165) is 56.9 Å². The molecule has 0 aromatic heterocycles. The molecule has 1 rings (SSSR count). The van der Waals surface area contributed by atoms with Gasteiger partial charge in [0.25, 0.3) is 0 Å². The third-order valence-corrected chi connectivity index (χ3v) is 4.81. The Labute approximate surface area is 243 Å². The summed E-state index contributed by atoms with van der Waals surface area (Å²) in [7, 11) is 0. The molecule has 0 unspecified atom stereocenters. The number of phenols is 1. The quantitative estimate of drug-likeness (QED) is 0.177. The third kappa shape index (κ3) is 40.1. The molecule has 0 fully saturated rings. The number of phenolic OH excluding ortho intramolecular Hbond substituents is 1. The van der Waals surface area contributed by atoms with Gasteiger partial charge in [0.15, 0.2) is 0 Å². The fourth-order valence-electron chi connectivity index (χ4n) is 2.17. The minimum absolute atomic E-state index is 0. The topological polar surface area (TPSA) is 133 Å². The fourth-order valence-corrected chi connectivity index (χ4v) is 2.17. The number of unbranched alkanes of at least 4 members (excludes halogenated alkanes) is 4. The van der Waals surface area contributed by atoms with E-state index in [9.17, 15) is 10.2 Å². The summed E-state index contributed by atoms with van der Waals surface area (Å²) in [5, 5.41) is 54.4. The molecule has 1 aromatic rings. The number of nitrogens with one attached hydrogen (secondary N) is 1. The summed E-state index contributed by atoms with van der Waals surface area (Å²) in [6.07, 6.45) is 8.15. The molecule has 0 aliphatic rings. The van der Waals surface area contributed by atoms with Gasteiger partial charge in [-0.15, -0.1) is 0 Å². The minimum Gasteiger partial charge on any atom is -0.508 e. The van der Waals surface area contributed by atoms with Crippen molar-refractivity contribution in [2.24, 2.45) is 5.41 Å². The van der Waals surface area contributed by atoms with E-state index >= 15 is 0 Å². The van der Waals surface area contributed by atoms with Crippen molar-refractivity contribution in [3.8, 4) is 5.75 Å². The predicted molar refractivity (Wildman–Crippen MR) is 153 cm³/mol. The Balaban J connectivity index is -0.000000135. The van der Waals surface area contributed by atoms with Crippen LogP contribution in [-0.4, -0.2) is 69.7 Å². The normalized spacial score (nSPS) is 10.5. The largest absolute Gasteiger partial charge is 4.00 e. The number of aliphatic hydroxyl groups excluding tert-OH is 5. The minimum atomic E-state index is -0.000844. The summed E-state index contributed by atoms with van der Waals surface area (Å²) in [5.74, 6) is 0.292. The molecule has 0 saturated heterocycles. The molecular weight excluding hydrogens is 506 g/mol. The number of benzene rings is 1. The zero-order valence-electron chi connectivity index (χ0n) is 25.0. The van der Waals surface area contributed by atoms with Crippen LogP contribution in [0.25, 0.3) is 0 Å². The predicted octanol–water partition coefficient (Wildman–Crippen LogP) is 5.00. The summed E-state index contributed by atoms with van der Waals surface area (Å²) in [6.45, 7) is 16.5. The second-order valence-electron chi connectivity index (χ2n) is 9.42. The Morgan fingerprint density at radius 2 is 1.03 bits per heavy atom. The zero-order chi connectivity index (χ0) is 28.7. The third-order valence-electron chi connectivity index (χ3n) is 4.81. The fraction of sp³-hybridized carbons (Fsp3) is 0.793. The van der Waals surface area contributed by atoms with Crippen LogP contribution in [0.4, 0.5) is 0 Å². The molecule has 0 spiro atoms. The molecule has 0 radical (unpaired) electrons. The first-order chi connectivity index (χ1) is 17.1. The molecular formula is C29H61NO6Ti+4. The van der Waals surface area contributed by atoms with Crippen LogP contribution in [0.1, 0.15) is 105 Å². The Morgan fingerprint density at radius 3 is 1.24 bits per heavy atom. The molecule has 7 N–H and O–H groups in total. The van der Waals surface area contributed by atoms with Gasteiger partial charge in [-0.25, -0.2) is 0 Å². The average molecular weight is 568 g/mol. The maximum atomic E-state index is 9.60. The van der Waals surface area contributed by atoms with Gasteiger partial charge in [-0.05, 0) is 37.2 Å². The number of aromatic hydroxyl groups is 1. The van der Waals surface area contributed by atoms with Crippen LogP contribution >= 0.6 is 0 Å². The molecule has 0 heterocycles. The summed E-state index contributed by atoms with van der Waals surface area (Å²) in [4.78, 5) is 0. The van der Waals surface area contributed by atoms with E-state index in [2.05, 4.69) is 53.8 Å². The molecule has 0 aliphatic heterocycles. The van der Waals surface area contributed by atoms with E-state index in [1.54, 1.807) is 12.1 Å². The first-order valence-electron chi connectivity index (χ1n) is 13.7. The van der Waals surface area contributed by atoms with Crippen molar-refractivity contribution in [3.63, 3.8) is 0 Å². The molecule has 0 aliphatic carbocycles. The van der Waals surface area contributed by atoms with E-state index in [1.165, 1.54) is 0 Å². The maximum Gasteiger partial charge on any atom is 4.00 e.